The first-order valence-corrected chi connectivity index (χ1v) is 6.25. The third-order valence-electron chi connectivity index (χ3n) is 3.51. The van der Waals surface area contributed by atoms with Crippen molar-refractivity contribution in [1.29, 1.82) is 0 Å². The van der Waals surface area contributed by atoms with Gasteiger partial charge < -0.3 is 9.84 Å². The van der Waals surface area contributed by atoms with Gasteiger partial charge in [0.15, 0.2) is 11.5 Å². The molecule has 18 heavy (non-hydrogen) atoms. The van der Waals surface area contributed by atoms with Crippen molar-refractivity contribution in [3.05, 3.63) is 48.0 Å². The van der Waals surface area contributed by atoms with E-state index in [-0.39, 0.29) is 11.9 Å². The number of fused-ring (bicyclic) bond motifs is 3. The first kappa shape index (κ1) is 11.1. The molecule has 2 heteroatoms. The largest absolute Gasteiger partial charge is 0.504 e. The van der Waals surface area contributed by atoms with Crippen LogP contribution in [0.3, 0.4) is 0 Å². The lowest BCUT2D eigenvalue weighted by molar-refractivity contribution is 0.245. The molecule has 1 atom stereocenters. The van der Waals surface area contributed by atoms with Crippen molar-refractivity contribution in [2.75, 3.05) is 0 Å². The van der Waals surface area contributed by atoms with Crippen molar-refractivity contribution >= 4 is 10.8 Å². The van der Waals surface area contributed by atoms with E-state index in [4.69, 9.17) is 4.74 Å². The summed E-state index contributed by atoms with van der Waals surface area (Å²) in [6.45, 7) is 5.79. The molecule has 3 rings (SSSR count). The number of hydrogen-bond donors (Lipinski definition) is 1. The van der Waals surface area contributed by atoms with Gasteiger partial charge >= 0.3 is 0 Å². The van der Waals surface area contributed by atoms with Crippen LogP contribution in [0.25, 0.3) is 10.8 Å². The van der Waals surface area contributed by atoms with Gasteiger partial charge in [0.25, 0.3) is 0 Å². The van der Waals surface area contributed by atoms with Crippen LogP contribution in [0.2, 0.25) is 0 Å². The second-order valence-electron chi connectivity index (χ2n) is 4.81. The maximum atomic E-state index is 10.4. The molecule has 0 spiro atoms. The Kier molecular flexibility index (Phi) is 2.51. The van der Waals surface area contributed by atoms with Gasteiger partial charge in [0.05, 0.1) is 0 Å². The molecule has 0 bridgehead atoms. The minimum absolute atomic E-state index is 0.133. The SMILES string of the molecule is C=CCc1c(O)c2c(c3ccccc13)CC(C)O2. The van der Waals surface area contributed by atoms with Crippen LogP contribution in [0.1, 0.15) is 18.1 Å². The quantitative estimate of drug-likeness (QED) is 0.813. The highest BCUT2D eigenvalue weighted by atomic mass is 16.5. The molecule has 0 radical (unpaired) electrons. The van der Waals surface area contributed by atoms with E-state index >= 15 is 0 Å². The first-order chi connectivity index (χ1) is 8.72. The van der Waals surface area contributed by atoms with Crippen LogP contribution in [0.5, 0.6) is 11.5 Å². The topological polar surface area (TPSA) is 29.5 Å². The zero-order valence-corrected chi connectivity index (χ0v) is 10.4. The predicted octanol–water partition coefficient (Wildman–Crippen LogP) is 3.60. The van der Waals surface area contributed by atoms with Gasteiger partial charge in [0, 0.05) is 17.5 Å². The normalized spacial score (nSPS) is 17.5. The maximum absolute atomic E-state index is 10.4. The molecule has 2 nitrogen and oxygen atoms in total. The zero-order chi connectivity index (χ0) is 12.7. The van der Waals surface area contributed by atoms with Gasteiger partial charge in [0.2, 0.25) is 0 Å². The van der Waals surface area contributed by atoms with Crippen LogP contribution in [0, 0.1) is 0 Å². The molecule has 0 fully saturated rings. The summed E-state index contributed by atoms with van der Waals surface area (Å²) in [6, 6.07) is 8.18. The van der Waals surface area contributed by atoms with E-state index < -0.39 is 0 Å². The average Bonchev–Trinajstić information content (AvgIpc) is 2.77. The summed E-state index contributed by atoms with van der Waals surface area (Å²) in [4.78, 5) is 0. The number of rotatable bonds is 2. The minimum Gasteiger partial charge on any atom is -0.504 e. The van der Waals surface area contributed by atoms with Crippen molar-refractivity contribution in [3.8, 4) is 11.5 Å². The van der Waals surface area contributed by atoms with Crippen LogP contribution >= 0.6 is 0 Å². The zero-order valence-electron chi connectivity index (χ0n) is 10.4. The van der Waals surface area contributed by atoms with Gasteiger partial charge in [-0.05, 0) is 24.1 Å². The number of phenolic OH excluding ortho intramolecular Hbond substituents is 1. The number of benzene rings is 2. The molecular weight excluding hydrogens is 224 g/mol. The molecule has 1 aliphatic rings. The number of phenols is 1. The number of allylic oxidation sites excluding steroid dienone is 1. The van der Waals surface area contributed by atoms with Gasteiger partial charge in [0.1, 0.15) is 6.10 Å². The van der Waals surface area contributed by atoms with Crippen LogP contribution in [-0.4, -0.2) is 11.2 Å². The Bertz CT molecular complexity index is 629. The number of ether oxygens (including phenoxy) is 1. The van der Waals surface area contributed by atoms with Gasteiger partial charge in [-0.2, -0.15) is 0 Å². The van der Waals surface area contributed by atoms with E-state index in [0.717, 1.165) is 22.9 Å². The van der Waals surface area contributed by atoms with Crippen molar-refractivity contribution < 1.29 is 9.84 Å². The molecule has 0 amide bonds. The monoisotopic (exact) mass is 240 g/mol. The van der Waals surface area contributed by atoms with Crippen molar-refractivity contribution in [2.45, 2.75) is 25.9 Å². The maximum Gasteiger partial charge on any atom is 0.165 e. The van der Waals surface area contributed by atoms with Gasteiger partial charge in [-0.15, -0.1) is 6.58 Å². The van der Waals surface area contributed by atoms with E-state index in [1.54, 1.807) is 0 Å². The van der Waals surface area contributed by atoms with Crippen LogP contribution in [-0.2, 0) is 12.8 Å². The van der Waals surface area contributed by atoms with E-state index in [0.29, 0.717) is 12.2 Å². The first-order valence-electron chi connectivity index (χ1n) is 6.25. The third-order valence-corrected chi connectivity index (χ3v) is 3.51. The summed E-state index contributed by atoms with van der Waals surface area (Å²) in [5.41, 5.74) is 2.04. The summed E-state index contributed by atoms with van der Waals surface area (Å²) >= 11 is 0. The molecule has 1 unspecified atom stereocenters. The summed E-state index contributed by atoms with van der Waals surface area (Å²) in [5, 5.41) is 12.7. The summed E-state index contributed by atoms with van der Waals surface area (Å²) in [5.74, 6) is 0.950. The Morgan fingerprint density at radius 1 is 1.39 bits per heavy atom. The molecule has 2 aromatic carbocycles. The van der Waals surface area contributed by atoms with E-state index in [1.807, 2.05) is 25.1 Å². The molecule has 0 aromatic heterocycles. The number of hydrogen-bond acceptors (Lipinski definition) is 2. The van der Waals surface area contributed by atoms with E-state index in [2.05, 4.69) is 18.7 Å². The molecule has 1 heterocycles. The molecule has 0 aliphatic carbocycles. The smallest absolute Gasteiger partial charge is 0.165 e. The lowest BCUT2D eigenvalue weighted by atomic mass is 9.94. The van der Waals surface area contributed by atoms with Gasteiger partial charge in [-0.25, -0.2) is 0 Å². The lowest BCUT2D eigenvalue weighted by Gasteiger charge is -2.12. The average molecular weight is 240 g/mol. The Labute approximate surface area is 107 Å². The standard InChI is InChI=1S/C16H16O2/c1-3-6-13-11-7-4-5-8-12(11)14-9-10(2)18-16(14)15(13)17/h3-5,7-8,10,17H,1,6,9H2,2H3. The van der Waals surface area contributed by atoms with Crippen LogP contribution in [0.4, 0.5) is 0 Å². The van der Waals surface area contributed by atoms with Gasteiger partial charge in [-0.3, -0.25) is 0 Å². The van der Waals surface area contributed by atoms with E-state index in [1.165, 1.54) is 5.39 Å². The second-order valence-corrected chi connectivity index (χ2v) is 4.81. The minimum atomic E-state index is 0.133. The number of aromatic hydroxyl groups is 1. The molecule has 0 saturated heterocycles. The lowest BCUT2D eigenvalue weighted by Crippen LogP contribution is -2.05. The fraction of sp³-hybridized carbons (Fsp3) is 0.250. The Morgan fingerprint density at radius 2 is 2.11 bits per heavy atom. The van der Waals surface area contributed by atoms with Crippen LogP contribution in [0.15, 0.2) is 36.9 Å². The predicted molar refractivity (Wildman–Crippen MR) is 73.3 cm³/mol. The second kappa shape index (κ2) is 4.05. The molecule has 2 aromatic rings. The summed E-state index contributed by atoms with van der Waals surface area (Å²) < 4.78 is 5.75. The Morgan fingerprint density at radius 3 is 2.83 bits per heavy atom. The Hall–Kier alpha value is -1.96. The fourth-order valence-electron chi connectivity index (χ4n) is 2.75. The molecule has 1 aliphatic heterocycles. The Balaban J connectivity index is 2.38. The highest BCUT2D eigenvalue weighted by Crippen LogP contribution is 2.45. The van der Waals surface area contributed by atoms with Gasteiger partial charge in [-0.1, -0.05) is 30.3 Å². The highest BCUT2D eigenvalue weighted by molar-refractivity contribution is 5.94. The third kappa shape index (κ3) is 1.49. The molecule has 0 saturated carbocycles. The van der Waals surface area contributed by atoms with E-state index in [9.17, 15) is 5.11 Å². The molecular formula is C16H16O2. The fourth-order valence-corrected chi connectivity index (χ4v) is 2.75. The molecule has 1 N–H and O–H groups in total. The van der Waals surface area contributed by atoms with Crippen molar-refractivity contribution in [2.24, 2.45) is 0 Å². The molecule has 92 valence electrons. The van der Waals surface area contributed by atoms with Crippen LogP contribution < -0.4 is 4.74 Å². The van der Waals surface area contributed by atoms with Crippen molar-refractivity contribution in [1.82, 2.24) is 0 Å². The van der Waals surface area contributed by atoms with Crippen molar-refractivity contribution in [3.63, 3.8) is 0 Å². The highest BCUT2D eigenvalue weighted by Gasteiger charge is 2.27. The summed E-state index contributed by atoms with van der Waals surface area (Å²) in [7, 11) is 0. The summed E-state index contributed by atoms with van der Waals surface area (Å²) in [6.07, 6.45) is 3.45.